The van der Waals surface area contributed by atoms with Crippen LogP contribution in [0.25, 0.3) is 11.0 Å². The Morgan fingerprint density at radius 1 is 1.38 bits per heavy atom. The summed E-state index contributed by atoms with van der Waals surface area (Å²) in [5.74, 6) is 1.27. The Morgan fingerprint density at radius 2 is 2.14 bits per heavy atom. The van der Waals surface area contributed by atoms with E-state index in [2.05, 4.69) is 27.4 Å². The van der Waals surface area contributed by atoms with E-state index >= 15 is 0 Å². The zero-order valence-electron chi connectivity index (χ0n) is 12.2. The van der Waals surface area contributed by atoms with Crippen molar-refractivity contribution in [3.8, 4) is 6.07 Å². The van der Waals surface area contributed by atoms with E-state index in [-0.39, 0.29) is 0 Å². The van der Waals surface area contributed by atoms with Gasteiger partial charge in [0, 0.05) is 12.6 Å². The first-order valence-electron chi connectivity index (χ1n) is 7.42. The summed E-state index contributed by atoms with van der Waals surface area (Å²) in [6.07, 6.45) is 2.58. The van der Waals surface area contributed by atoms with Gasteiger partial charge < -0.3 is 9.47 Å². The lowest BCUT2D eigenvalue weighted by Crippen LogP contribution is -2.27. The van der Waals surface area contributed by atoms with Gasteiger partial charge in [-0.05, 0) is 51.1 Å². The van der Waals surface area contributed by atoms with Gasteiger partial charge in [0.2, 0.25) is 0 Å². The van der Waals surface area contributed by atoms with Gasteiger partial charge >= 0.3 is 0 Å². The van der Waals surface area contributed by atoms with Crippen LogP contribution in [-0.2, 0) is 5.88 Å². The first-order valence-corrected chi connectivity index (χ1v) is 7.95. The number of imidazole rings is 1. The Morgan fingerprint density at radius 3 is 2.81 bits per heavy atom. The summed E-state index contributed by atoms with van der Waals surface area (Å²) in [4.78, 5) is 7.09. The fourth-order valence-corrected chi connectivity index (χ4v) is 3.41. The highest BCUT2D eigenvalue weighted by atomic mass is 35.5. The number of alkyl halides is 1. The number of fused-ring (bicyclic) bond motifs is 1. The maximum atomic E-state index is 9.11. The molecule has 1 aliphatic heterocycles. The van der Waals surface area contributed by atoms with Crippen molar-refractivity contribution in [3.63, 3.8) is 0 Å². The fourth-order valence-electron chi connectivity index (χ4n) is 3.22. The van der Waals surface area contributed by atoms with Gasteiger partial charge in [-0.2, -0.15) is 5.26 Å². The van der Waals surface area contributed by atoms with Crippen molar-refractivity contribution in [3.05, 3.63) is 29.6 Å². The zero-order chi connectivity index (χ0) is 14.8. The molecule has 0 bridgehead atoms. The number of hydrogen-bond acceptors (Lipinski definition) is 3. The molecule has 1 unspecified atom stereocenters. The molecule has 0 amide bonds. The summed E-state index contributed by atoms with van der Waals surface area (Å²) >= 11 is 6.08. The molecule has 21 heavy (non-hydrogen) atoms. The molecular weight excluding hydrogens is 284 g/mol. The van der Waals surface area contributed by atoms with Crippen LogP contribution in [0.4, 0.5) is 0 Å². The smallest absolute Gasteiger partial charge is 0.125 e. The highest BCUT2D eigenvalue weighted by Gasteiger charge is 2.20. The normalized spacial score (nSPS) is 17.2. The summed E-state index contributed by atoms with van der Waals surface area (Å²) in [6, 6.07) is 8.13. The molecule has 0 spiro atoms. The molecule has 1 aromatic heterocycles. The van der Waals surface area contributed by atoms with Crippen molar-refractivity contribution in [2.24, 2.45) is 0 Å². The molecule has 0 radical (unpaired) electrons. The van der Waals surface area contributed by atoms with Crippen LogP contribution in [0.3, 0.4) is 0 Å². The Balaban J connectivity index is 1.99. The highest BCUT2D eigenvalue weighted by Crippen LogP contribution is 2.25. The van der Waals surface area contributed by atoms with Crippen LogP contribution in [0.1, 0.15) is 37.2 Å². The van der Waals surface area contributed by atoms with Crippen LogP contribution >= 0.6 is 11.6 Å². The molecule has 5 heteroatoms. The van der Waals surface area contributed by atoms with Crippen molar-refractivity contribution >= 4 is 22.6 Å². The maximum absolute atomic E-state index is 9.11. The van der Waals surface area contributed by atoms with Gasteiger partial charge in [0.1, 0.15) is 5.82 Å². The summed E-state index contributed by atoms with van der Waals surface area (Å²) in [6.45, 7) is 5.56. The summed E-state index contributed by atoms with van der Waals surface area (Å²) < 4.78 is 2.20. The van der Waals surface area contributed by atoms with Crippen molar-refractivity contribution < 1.29 is 0 Å². The van der Waals surface area contributed by atoms with Crippen molar-refractivity contribution in [2.75, 3.05) is 19.6 Å². The lowest BCUT2D eigenvalue weighted by atomic mass is 10.2. The second kappa shape index (κ2) is 6.05. The molecule has 110 valence electrons. The Hall–Kier alpha value is -1.57. The average molecular weight is 303 g/mol. The van der Waals surface area contributed by atoms with Crippen molar-refractivity contribution in [1.29, 1.82) is 5.26 Å². The van der Waals surface area contributed by atoms with E-state index in [1.54, 1.807) is 0 Å². The minimum absolute atomic E-state index is 0.302. The third kappa shape index (κ3) is 2.76. The molecule has 1 aromatic carbocycles. The van der Waals surface area contributed by atoms with Gasteiger partial charge in [-0.3, -0.25) is 0 Å². The zero-order valence-corrected chi connectivity index (χ0v) is 13.0. The number of nitrogens with zero attached hydrogens (tertiary/aromatic N) is 4. The van der Waals surface area contributed by atoms with E-state index < -0.39 is 0 Å². The molecule has 1 fully saturated rings. The minimum Gasteiger partial charge on any atom is -0.323 e. The number of nitriles is 1. The lowest BCUT2D eigenvalue weighted by Gasteiger charge is -2.23. The number of likely N-dealkylation sites (tertiary alicyclic amines) is 1. The average Bonchev–Trinajstić information content (AvgIpc) is 3.12. The second-order valence-electron chi connectivity index (χ2n) is 5.70. The van der Waals surface area contributed by atoms with Gasteiger partial charge in [-0.25, -0.2) is 4.98 Å². The Bertz CT molecular complexity index is 679. The molecule has 3 rings (SSSR count). The third-order valence-electron chi connectivity index (χ3n) is 4.17. The first-order chi connectivity index (χ1) is 10.2. The van der Waals surface area contributed by atoms with Crippen LogP contribution < -0.4 is 0 Å². The molecule has 0 N–H and O–H groups in total. The van der Waals surface area contributed by atoms with Crippen LogP contribution in [0.5, 0.6) is 0 Å². The topological polar surface area (TPSA) is 44.9 Å². The minimum atomic E-state index is 0.302. The van der Waals surface area contributed by atoms with Crippen LogP contribution in [-0.4, -0.2) is 34.1 Å². The predicted molar refractivity (Wildman–Crippen MR) is 84.4 cm³/mol. The van der Waals surface area contributed by atoms with Crippen LogP contribution in [0.2, 0.25) is 0 Å². The molecular formula is C16H19ClN4. The number of benzene rings is 1. The van der Waals surface area contributed by atoms with Crippen molar-refractivity contribution in [2.45, 2.75) is 31.7 Å². The molecule has 2 aromatic rings. The van der Waals surface area contributed by atoms with E-state index in [0.717, 1.165) is 23.4 Å². The Labute approximate surface area is 129 Å². The van der Waals surface area contributed by atoms with Gasteiger partial charge in [-0.1, -0.05) is 0 Å². The fraction of sp³-hybridized carbons (Fsp3) is 0.500. The monoisotopic (exact) mass is 302 g/mol. The van der Waals surface area contributed by atoms with Crippen LogP contribution in [0.15, 0.2) is 18.2 Å². The summed E-state index contributed by atoms with van der Waals surface area (Å²) in [5.41, 5.74) is 2.59. The molecule has 2 heterocycles. The van der Waals surface area contributed by atoms with Gasteiger partial charge in [0.25, 0.3) is 0 Å². The standard InChI is InChI=1S/C16H19ClN4/c1-12(11-20-6-2-3-7-20)21-15-8-13(10-18)4-5-14(15)19-16(21)9-17/h4-5,8,12H,2-3,6-7,9,11H2,1H3. The molecule has 1 aliphatic rings. The number of rotatable bonds is 4. The lowest BCUT2D eigenvalue weighted by molar-refractivity contribution is 0.288. The number of hydrogen-bond donors (Lipinski definition) is 0. The molecule has 0 saturated carbocycles. The molecule has 4 nitrogen and oxygen atoms in total. The van der Waals surface area contributed by atoms with E-state index in [1.165, 1.54) is 25.9 Å². The quantitative estimate of drug-likeness (QED) is 0.814. The maximum Gasteiger partial charge on any atom is 0.125 e. The van der Waals surface area contributed by atoms with Gasteiger partial charge in [-0.15, -0.1) is 11.6 Å². The molecule has 0 aliphatic carbocycles. The summed E-state index contributed by atoms with van der Waals surface area (Å²) in [7, 11) is 0. The first kappa shape index (κ1) is 14.4. The number of halogens is 1. The predicted octanol–water partition coefficient (Wildman–Crippen LogP) is 3.30. The molecule has 1 saturated heterocycles. The van der Waals surface area contributed by atoms with Gasteiger partial charge in [0.05, 0.1) is 28.5 Å². The number of aromatic nitrogens is 2. The van der Waals surface area contributed by atoms with E-state index in [9.17, 15) is 0 Å². The third-order valence-corrected chi connectivity index (χ3v) is 4.41. The summed E-state index contributed by atoms with van der Waals surface area (Å²) in [5, 5.41) is 9.11. The SMILES string of the molecule is CC(CN1CCCC1)n1c(CCl)nc2ccc(C#N)cc21. The van der Waals surface area contributed by atoms with E-state index in [4.69, 9.17) is 16.9 Å². The van der Waals surface area contributed by atoms with Gasteiger partial charge in [0.15, 0.2) is 0 Å². The second-order valence-corrected chi connectivity index (χ2v) is 5.97. The largest absolute Gasteiger partial charge is 0.323 e. The van der Waals surface area contributed by atoms with E-state index in [0.29, 0.717) is 17.5 Å². The van der Waals surface area contributed by atoms with Crippen molar-refractivity contribution in [1.82, 2.24) is 14.5 Å². The van der Waals surface area contributed by atoms with E-state index in [1.807, 2.05) is 18.2 Å². The Kier molecular flexibility index (Phi) is 4.14. The molecule has 1 atom stereocenters. The van der Waals surface area contributed by atoms with Crippen LogP contribution in [0, 0.1) is 11.3 Å². The highest BCUT2D eigenvalue weighted by molar-refractivity contribution is 6.16.